The van der Waals surface area contributed by atoms with Crippen molar-refractivity contribution in [2.24, 2.45) is 0 Å². The van der Waals surface area contributed by atoms with E-state index in [1.165, 1.54) is 12.1 Å². The van der Waals surface area contributed by atoms with Gasteiger partial charge in [0.15, 0.2) is 0 Å². The number of halogens is 1. The van der Waals surface area contributed by atoms with E-state index in [-0.39, 0.29) is 23.1 Å². The van der Waals surface area contributed by atoms with E-state index in [9.17, 15) is 22.4 Å². The zero-order valence-electron chi connectivity index (χ0n) is 14.7. The van der Waals surface area contributed by atoms with Crippen molar-refractivity contribution in [1.29, 1.82) is 0 Å². The fraction of sp³-hybridized carbons (Fsp3) is 0.263. The molecule has 8 heteroatoms. The van der Waals surface area contributed by atoms with Crippen LogP contribution in [0.5, 0.6) is 0 Å². The number of sulfonamides is 1. The van der Waals surface area contributed by atoms with Gasteiger partial charge in [-0.05, 0) is 54.8 Å². The first kappa shape index (κ1) is 19.0. The third-order valence-electron chi connectivity index (χ3n) is 4.88. The molecule has 1 fully saturated rings. The molecule has 0 aromatic heterocycles. The van der Waals surface area contributed by atoms with E-state index in [2.05, 4.69) is 10.0 Å². The summed E-state index contributed by atoms with van der Waals surface area (Å²) in [6, 6.07) is 11.0. The summed E-state index contributed by atoms with van der Waals surface area (Å²) in [5, 5.41) is 2.38. The second-order valence-corrected chi connectivity index (χ2v) is 8.13. The van der Waals surface area contributed by atoms with Crippen molar-refractivity contribution in [3.8, 4) is 0 Å². The summed E-state index contributed by atoms with van der Waals surface area (Å²) in [6.45, 7) is 1.88. The lowest BCUT2D eigenvalue weighted by Gasteiger charge is -2.35. The van der Waals surface area contributed by atoms with Crippen LogP contribution in [0, 0.1) is 5.82 Å². The maximum atomic E-state index is 13.0. The number of imide groups is 1. The van der Waals surface area contributed by atoms with Gasteiger partial charge in [-0.15, -0.1) is 0 Å². The number of rotatable bonds is 5. The van der Waals surface area contributed by atoms with E-state index in [0.29, 0.717) is 18.5 Å². The van der Waals surface area contributed by atoms with Crippen molar-refractivity contribution in [2.75, 3.05) is 4.72 Å². The van der Waals surface area contributed by atoms with Crippen molar-refractivity contribution in [3.05, 3.63) is 59.9 Å². The van der Waals surface area contributed by atoms with E-state index in [1.54, 1.807) is 24.3 Å². The van der Waals surface area contributed by atoms with Crippen LogP contribution in [0.2, 0.25) is 0 Å². The van der Waals surface area contributed by atoms with Gasteiger partial charge in [0.2, 0.25) is 11.8 Å². The SMILES string of the molecule is CC[C@@]1(c2ccc(NS(=O)(=O)c3ccc(F)cc3)cc2)CCC(=O)NC1=O. The minimum absolute atomic E-state index is 0.0526. The first-order chi connectivity index (χ1) is 12.8. The summed E-state index contributed by atoms with van der Waals surface area (Å²) < 4.78 is 40.2. The highest BCUT2D eigenvalue weighted by atomic mass is 32.2. The molecule has 0 saturated carbocycles. The zero-order chi connectivity index (χ0) is 19.7. The van der Waals surface area contributed by atoms with E-state index in [0.717, 1.165) is 17.7 Å². The van der Waals surface area contributed by atoms with Crippen LogP contribution in [-0.4, -0.2) is 20.2 Å². The maximum absolute atomic E-state index is 13.0. The smallest absolute Gasteiger partial charge is 0.261 e. The molecule has 1 aliphatic heterocycles. The second-order valence-electron chi connectivity index (χ2n) is 6.45. The lowest BCUT2D eigenvalue weighted by atomic mass is 9.72. The van der Waals surface area contributed by atoms with Gasteiger partial charge in [0.05, 0.1) is 10.3 Å². The van der Waals surface area contributed by atoms with Gasteiger partial charge in [-0.2, -0.15) is 0 Å². The fourth-order valence-electron chi connectivity index (χ4n) is 3.25. The molecule has 0 unspecified atom stereocenters. The molecule has 2 aromatic carbocycles. The Hall–Kier alpha value is -2.74. The van der Waals surface area contributed by atoms with Gasteiger partial charge >= 0.3 is 0 Å². The molecule has 0 aliphatic carbocycles. The van der Waals surface area contributed by atoms with E-state index < -0.39 is 21.3 Å². The summed E-state index contributed by atoms with van der Waals surface area (Å²) in [5.74, 6) is -1.14. The molecule has 2 N–H and O–H groups in total. The minimum Gasteiger partial charge on any atom is -0.296 e. The molecule has 0 radical (unpaired) electrons. The van der Waals surface area contributed by atoms with Crippen LogP contribution in [0.4, 0.5) is 10.1 Å². The summed E-state index contributed by atoms with van der Waals surface area (Å²) in [7, 11) is -3.85. The van der Waals surface area contributed by atoms with E-state index in [4.69, 9.17) is 0 Å². The number of carbonyl (C=O) groups excluding carboxylic acids is 2. The number of piperidine rings is 1. The Kier molecular flexibility index (Phi) is 5.01. The van der Waals surface area contributed by atoms with Crippen LogP contribution in [0.1, 0.15) is 31.7 Å². The molecular formula is C19H19FN2O4S. The Morgan fingerprint density at radius 2 is 1.70 bits per heavy atom. The number of amides is 2. The molecule has 0 bridgehead atoms. The number of hydrogen-bond acceptors (Lipinski definition) is 4. The third-order valence-corrected chi connectivity index (χ3v) is 6.28. The summed E-state index contributed by atoms with van der Waals surface area (Å²) in [4.78, 5) is 23.8. The van der Waals surface area contributed by atoms with Gasteiger partial charge in [0, 0.05) is 12.1 Å². The molecule has 0 spiro atoms. The van der Waals surface area contributed by atoms with Crippen molar-refractivity contribution in [2.45, 2.75) is 36.5 Å². The fourth-order valence-corrected chi connectivity index (χ4v) is 4.31. The van der Waals surface area contributed by atoms with Gasteiger partial charge in [0.25, 0.3) is 10.0 Å². The van der Waals surface area contributed by atoms with E-state index >= 15 is 0 Å². The number of nitrogens with one attached hydrogen (secondary N) is 2. The Balaban J connectivity index is 1.84. The normalized spacial score (nSPS) is 20.2. The predicted molar refractivity (Wildman–Crippen MR) is 98.0 cm³/mol. The molecule has 6 nitrogen and oxygen atoms in total. The Labute approximate surface area is 156 Å². The quantitative estimate of drug-likeness (QED) is 0.768. The number of hydrogen-bond donors (Lipinski definition) is 2. The molecule has 2 amide bonds. The minimum atomic E-state index is -3.85. The number of benzene rings is 2. The molecule has 2 aromatic rings. The molecule has 27 heavy (non-hydrogen) atoms. The average Bonchev–Trinajstić information content (AvgIpc) is 2.63. The predicted octanol–water partition coefficient (Wildman–Crippen LogP) is 2.71. The van der Waals surface area contributed by atoms with E-state index in [1.807, 2.05) is 6.92 Å². The highest BCUT2D eigenvalue weighted by Gasteiger charge is 2.42. The molecular weight excluding hydrogens is 371 g/mol. The average molecular weight is 390 g/mol. The van der Waals surface area contributed by atoms with Gasteiger partial charge < -0.3 is 0 Å². The van der Waals surface area contributed by atoms with Crippen molar-refractivity contribution in [1.82, 2.24) is 5.32 Å². The molecule has 1 aliphatic rings. The first-order valence-corrected chi connectivity index (χ1v) is 9.98. The van der Waals surface area contributed by atoms with Gasteiger partial charge in [0.1, 0.15) is 5.82 Å². The molecule has 142 valence electrons. The first-order valence-electron chi connectivity index (χ1n) is 8.50. The van der Waals surface area contributed by atoms with Crippen LogP contribution in [-0.2, 0) is 25.0 Å². The van der Waals surface area contributed by atoms with Crippen molar-refractivity contribution >= 4 is 27.5 Å². The second kappa shape index (κ2) is 7.11. The van der Waals surface area contributed by atoms with Crippen molar-refractivity contribution < 1.29 is 22.4 Å². The van der Waals surface area contributed by atoms with Gasteiger partial charge in [-0.25, -0.2) is 12.8 Å². The molecule has 3 rings (SSSR count). The summed E-state index contributed by atoms with van der Waals surface area (Å²) in [5.41, 5.74) is 0.240. The Bertz CT molecular complexity index is 972. The number of carbonyl (C=O) groups is 2. The van der Waals surface area contributed by atoms with Gasteiger partial charge in [-0.3, -0.25) is 19.6 Å². The lowest BCUT2D eigenvalue weighted by Crippen LogP contribution is -2.51. The molecule has 1 saturated heterocycles. The Morgan fingerprint density at radius 1 is 1.07 bits per heavy atom. The van der Waals surface area contributed by atoms with Crippen LogP contribution in [0.15, 0.2) is 53.4 Å². The van der Waals surface area contributed by atoms with Crippen LogP contribution in [0.25, 0.3) is 0 Å². The van der Waals surface area contributed by atoms with Crippen LogP contribution in [0.3, 0.4) is 0 Å². The van der Waals surface area contributed by atoms with Gasteiger partial charge in [-0.1, -0.05) is 19.1 Å². The molecule has 1 heterocycles. The van der Waals surface area contributed by atoms with Crippen LogP contribution >= 0.6 is 0 Å². The summed E-state index contributed by atoms with van der Waals surface area (Å²) >= 11 is 0. The standard InChI is InChI=1S/C19H19FN2O4S/c1-2-19(12-11-17(23)21-18(19)24)13-3-7-15(8-4-13)22-27(25,26)16-9-5-14(20)6-10-16/h3-10,22H,2,11-12H2,1H3,(H,21,23,24)/t19-/m0/s1. The Morgan fingerprint density at radius 3 is 2.26 bits per heavy atom. The highest BCUT2D eigenvalue weighted by Crippen LogP contribution is 2.36. The number of anilines is 1. The monoisotopic (exact) mass is 390 g/mol. The lowest BCUT2D eigenvalue weighted by molar-refractivity contribution is -0.138. The molecule has 1 atom stereocenters. The zero-order valence-corrected chi connectivity index (χ0v) is 15.5. The van der Waals surface area contributed by atoms with Crippen molar-refractivity contribution in [3.63, 3.8) is 0 Å². The topological polar surface area (TPSA) is 92.3 Å². The maximum Gasteiger partial charge on any atom is 0.261 e. The summed E-state index contributed by atoms with van der Waals surface area (Å²) in [6.07, 6.45) is 1.19. The largest absolute Gasteiger partial charge is 0.296 e. The van der Waals surface area contributed by atoms with Crippen LogP contribution < -0.4 is 10.0 Å². The highest BCUT2D eigenvalue weighted by molar-refractivity contribution is 7.92. The third kappa shape index (κ3) is 3.71.